The van der Waals surface area contributed by atoms with Gasteiger partial charge in [0.1, 0.15) is 40.4 Å². The van der Waals surface area contributed by atoms with Crippen molar-refractivity contribution in [3.63, 3.8) is 0 Å². The smallest absolute Gasteiger partial charge is 0.412 e. The molecule has 4 heterocycles. The van der Waals surface area contributed by atoms with Gasteiger partial charge in [-0.15, -0.1) is 0 Å². The maximum atomic E-state index is 13.6. The lowest BCUT2D eigenvalue weighted by atomic mass is 10.1. The van der Waals surface area contributed by atoms with Crippen molar-refractivity contribution in [2.75, 3.05) is 36.7 Å². The van der Waals surface area contributed by atoms with E-state index in [1.165, 1.54) is 13.2 Å². The Morgan fingerprint density at radius 1 is 0.785 bits per heavy atom. The van der Waals surface area contributed by atoms with Crippen molar-refractivity contribution in [3.05, 3.63) is 102 Å². The Labute approximate surface area is 373 Å². The van der Waals surface area contributed by atoms with Crippen LogP contribution in [0.5, 0.6) is 11.5 Å². The number of aryl methyl sites for hydroxylation is 2. The average Bonchev–Trinajstić information content (AvgIpc) is 4.03. The Morgan fingerprint density at radius 2 is 1.42 bits per heavy atom. The summed E-state index contributed by atoms with van der Waals surface area (Å²) in [6.07, 6.45) is 8.74. The third-order valence-corrected chi connectivity index (χ3v) is 10.1. The number of rotatable bonds is 17. The zero-order valence-corrected chi connectivity index (χ0v) is 37.1. The number of fused-ring (bicyclic) bond motifs is 3. The Hall–Kier alpha value is -8.16. The van der Waals surface area contributed by atoms with E-state index in [4.69, 9.17) is 30.7 Å². The molecule has 0 aliphatic heterocycles. The molecular weight excluding hydrogens is 835 g/mol. The number of nitrogens with one attached hydrogen (secondary N) is 3. The molecule has 0 saturated heterocycles. The highest BCUT2D eigenvalue weighted by Gasteiger charge is 2.22. The van der Waals surface area contributed by atoms with E-state index in [-0.39, 0.29) is 30.2 Å². The molecule has 0 radical (unpaired) electrons. The van der Waals surface area contributed by atoms with Gasteiger partial charge in [-0.1, -0.05) is 18.2 Å². The monoisotopic (exact) mass is 885 g/mol. The van der Waals surface area contributed by atoms with Crippen molar-refractivity contribution in [2.45, 2.75) is 66.4 Å². The van der Waals surface area contributed by atoms with Crippen LogP contribution in [0, 0.1) is 6.92 Å². The van der Waals surface area contributed by atoms with E-state index in [2.05, 4.69) is 31.1 Å². The molecule has 338 valence electrons. The third kappa shape index (κ3) is 9.90. The van der Waals surface area contributed by atoms with Gasteiger partial charge >= 0.3 is 6.09 Å². The largest absolute Gasteiger partial charge is 0.494 e. The number of ether oxygens (including phenoxy) is 3. The van der Waals surface area contributed by atoms with Gasteiger partial charge in [-0.2, -0.15) is 10.2 Å². The second-order valence-electron chi connectivity index (χ2n) is 15.9. The SMILES string of the molecule is CCn1nc(C)cc1C(=O)Nc1nc2cc(C(N)=O)cc(OC)c2n1C/C=C/Cn1c(NC)nc2cc(C(N)=O)cc(OC/C=C/Cn3ncc4cc(NC(=O)OC(C)(C)C)ccc43)c21. The van der Waals surface area contributed by atoms with Gasteiger partial charge < -0.3 is 40.1 Å². The zero-order chi connectivity index (χ0) is 46.6. The molecule has 7 rings (SSSR count). The number of carbonyl (C=O) groups excluding carboxylic acids is 4. The second kappa shape index (κ2) is 18.7. The van der Waals surface area contributed by atoms with Gasteiger partial charge in [0.05, 0.1) is 42.1 Å². The fourth-order valence-corrected chi connectivity index (χ4v) is 7.26. The number of allylic oxidation sites excluding steroid dienone is 3. The topological polar surface area (TPSA) is 255 Å². The minimum Gasteiger partial charge on any atom is -0.494 e. The Balaban J connectivity index is 1.11. The summed E-state index contributed by atoms with van der Waals surface area (Å²) in [7, 11) is 3.21. The molecule has 3 aromatic carbocycles. The summed E-state index contributed by atoms with van der Waals surface area (Å²) >= 11 is 0. The first-order valence-electron chi connectivity index (χ1n) is 20.7. The molecular formula is C45H51N13O7. The number of hydrogen-bond donors (Lipinski definition) is 5. The number of hydrogen-bond acceptors (Lipinski definition) is 12. The van der Waals surface area contributed by atoms with Crippen molar-refractivity contribution in [1.29, 1.82) is 0 Å². The van der Waals surface area contributed by atoms with Crippen LogP contribution in [0.1, 0.15) is 64.6 Å². The Kier molecular flexibility index (Phi) is 12.9. The van der Waals surface area contributed by atoms with Crippen LogP contribution >= 0.6 is 0 Å². The van der Waals surface area contributed by atoms with Crippen molar-refractivity contribution in [1.82, 2.24) is 38.7 Å². The number of nitrogens with two attached hydrogens (primary N) is 2. The van der Waals surface area contributed by atoms with Crippen LogP contribution < -0.4 is 36.9 Å². The number of anilines is 3. The number of amides is 4. The summed E-state index contributed by atoms with van der Waals surface area (Å²) in [5, 5.41) is 18.5. The molecule has 65 heavy (non-hydrogen) atoms. The number of imidazole rings is 2. The first-order valence-corrected chi connectivity index (χ1v) is 20.7. The molecule has 20 heteroatoms. The highest BCUT2D eigenvalue weighted by molar-refractivity contribution is 6.04. The summed E-state index contributed by atoms with van der Waals surface area (Å²) in [6.45, 7) is 10.7. The zero-order valence-electron chi connectivity index (χ0n) is 37.1. The van der Waals surface area contributed by atoms with Crippen LogP contribution in [0.4, 0.5) is 22.4 Å². The third-order valence-electron chi connectivity index (χ3n) is 10.1. The Morgan fingerprint density at radius 3 is 2.05 bits per heavy atom. The highest BCUT2D eigenvalue weighted by atomic mass is 16.6. The van der Waals surface area contributed by atoms with Gasteiger partial charge in [0.15, 0.2) is 0 Å². The lowest BCUT2D eigenvalue weighted by molar-refractivity contribution is 0.0635. The Bertz CT molecular complexity index is 3020. The first-order chi connectivity index (χ1) is 31.1. The van der Waals surface area contributed by atoms with E-state index in [1.54, 1.807) is 73.6 Å². The van der Waals surface area contributed by atoms with Gasteiger partial charge in [-0.3, -0.25) is 34.4 Å². The summed E-state index contributed by atoms with van der Waals surface area (Å²) in [5.41, 5.74) is 15.7. The predicted molar refractivity (Wildman–Crippen MR) is 247 cm³/mol. The van der Waals surface area contributed by atoms with E-state index < -0.39 is 29.4 Å². The molecule has 0 spiro atoms. The van der Waals surface area contributed by atoms with Crippen molar-refractivity contribution < 1.29 is 33.4 Å². The van der Waals surface area contributed by atoms with Crippen LogP contribution in [0.2, 0.25) is 0 Å². The van der Waals surface area contributed by atoms with Crippen LogP contribution in [0.15, 0.2) is 79.0 Å². The molecule has 0 aliphatic carbocycles. The highest BCUT2D eigenvalue weighted by Crippen LogP contribution is 2.33. The van der Waals surface area contributed by atoms with Gasteiger partial charge in [-0.25, -0.2) is 14.8 Å². The van der Waals surface area contributed by atoms with Gasteiger partial charge in [0, 0.05) is 48.9 Å². The van der Waals surface area contributed by atoms with Gasteiger partial charge in [0.25, 0.3) is 5.91 Å². The molecule has 0 atom stereocenters. The van der Waals surface area contributed by atoms with Crippen LogP contribution in [0.3, 0.4) is 0 Å². The summed E-state index contributed by atoms with van der Waals surface area (Å²) < 4.78 is 24.4. The molecule has 7 N–H and O–H groups in total. The lowest BCUT2D eigenvalue weighted by Gasteiger charge is -2.19. The van der Waals surface area contributed by atoms with Gasteiger partial charge in [0.2, 0.25) is 23.7 Å². The number of primary amides is 2. The molecule has 0 saturated carbocycles. The number of methoxy groups -OCH3 is 1. The van der Waals surface area contributed by atoms with E-state index >= 15 is 0 Å². The minimum absolute atomic E-state index is 0.149. The molecule has 4 aromatic heterocycles. The fraction of sp³-hybridized carbons (Fsp3) is 0.289. The molecule has 20 nitrogen and oxygen atoms in total. The average molecular weight is 886 g/mol. The maximum Gasteiger partial charge on any atom is 0.412 e. The maximum absolute atomic E-state index is 13.6. The number of nitrogens with zero attached hydrogens (tertiary/aromatic N) is 8. The number of benzene rings is 3. The summed E-state index contributed by atoms with van der Waals surface area (Å²) in [5.74, 6) is -0.254. The quantitative estimate of drug-likeness (QED) is 0.0660. The molecule has 0 fully saturated rings. The van der Waals surface area contributed by atoms with Crippen molar-refractivity contribution >= 4 is 74.4 Å². The molecule has 7 aromatic rings. The number of aromatic nitrogens is 8. The van der Waals surface area contributed by atoms with E-state index in [9.17, 15) is 19.2 Å². The normalized spacial score (nSPS) is 11.9. The predicted octanol–water partition coefficient (Wildman–Crippen LogP) is 6.00. The van der Waals surface area contributed by atoms with Crippen LogP contribution in [0.25, 0.3) is 33.0 Å². The first kappa shape index (κ1) is 44.9. The summed E-state index contributed by atoms with van der Waals surface area (Å²) in [4.78, 5) is 59.9. The standard InChI is InChI=1S/C45H51N13O7/c1-8-57-34(19-26(2)54-57)41(61)53-43-52-31-21-27(39(46)59)23-35(63-7)37(31)56(43)16-10-9-15-55-38-32(51-42(55)48-6)22-28(40(47)60)24-36(38)64-18-12-11-17-58-33-14-13-30(20-29(33)25-49-58)50-44(62)65-45(3,4)5/h9-14,19-25H,8,15-18H2,1-7H3,(H2,46,59)(H2,47,60)(H,48,51)(H,50,62)(H,52,53,61)/b10-9+,12-11+. The van der Waals surface area contributed by atoms with E-state index in [0.29, 0.717) is 76.2 Å². The van der Waals surface area contributed by atoms with Crippen LogP contribution in [-0.4, -0.2) is 88.8 Å². The lowest BCUT2D eigenvalue weighted by Crippen LogP contribution is -2.27. The molecule has 0 aliphatic rings. The van der Waals surface area contributed by atoms with Crippen LogP contribution in [-0.2, 0) is 30.9 Å². The number of carbonyl (C=O) groups is 4. The second-order valence-corrected chi connectivity index (χ2v) is 15.9. The van der Waals surface area contributed by atoms with E-state index in [1.807, 2.05) is 59.5 Å². The minimum atomic E-state index is -0.655. The van der Waals surface area contributed by atoms with Gasteiger partial charge in [-0.05, 0) is 89.2 Å². The fourth-order valence-electron chi connectivity index (χ4n) is 7.26. The molecule has 0 bridgehead atoms. The van der Waals surface area contributed by atoms with E-state index in [0.717, 1.165) is 10.9 Å². The molecule has 0 unspecified atom stereocenters. The van der Waals surface area contributed by atoms with Crippen molar-refractivity contribution in [2.24, 2.45) is 11.5 Å². The molecule has 4 amide bonds. The van der Waals surface area contributed by atoms with Crippen molar-refractivity contribution in [3.8, 4) is 11.5 Å². The summed E-state index contributed by atoms with van der Waals surface area (Å²) in [6, 6.07) is 13.5.